The van der Waals surface area contributed by atoms with Crippen LogP contribution in [0.2, 0.25) is 0 Å². The number of aliphatic hydroxyl groups is 1. The highest BCUT2D eigenvalue weighted by Crippen LogP contribution is 2.20. The number of benzene rings is 1. The molecular weight excluding hydrogens is 142 g/mol. The zero-order chi connectivity index (χ0) is 8.27. The van der Waals surface area contributed by atoms with Crippen molar-refractivity contribution in [3.63, 3.8) is 0 Å². The lowest BCUT2D eigenvalue weighted by Crippen LogP contribution is -1.94. The van der Waals surface area contributed by atoms with Crippen molar-refractivity contribution in [1.29, 1.82) is 0 Å². The SMILES string of the molecule is CNc1cc(O)ccc1CO. The molecule has 1 aromatic carbocycles. The normalized spacial score (nSPS) is 9.64. The Bertz CT molecular complexity index is 248. The Labute approximate surface area is 65.3 Å². The van der Waals surface area contributed by atoms with Crippen LogP contribution in [0.5, 0.6) is 5.75 Å². The largest absolute Gasteiger partial charge is 0.508 e. The van der Waals surface area contributed by atoms with Gasteiger partial charge in [-0.3, -0.25) is 0 Å². The molecule has 11 heavy (non-hydrogen) atoms. The van der Waals surface area contributed by atoms with E-state index in [-0.39, 0.29) is 12.4 Å². The molecule has 0 fully saturated rings. The van der Waals surface area contributed by atoms with Crippen molar-refractivity contribution in [3.8, 4) is 5.75 Å². The van der Waals surface area contributed by atoms with Gasteiger partial charge in [0.05, 0.1) is 6.61 Å². The minimum Gasteiger partial charge on any atom is -0.508 e. The molecule has 0 aromatic heterocycles. The van der Waals surface area contributed by atoms with Gasteiger partial charge in [-0.15, -0.1) is 0 Å². The summed E-state index contributed by atoms with van der Waals surface area (Å²) in [7, 11) is 1.74. The van der Waals surface area contributed by atoms with E-state index in [9.17, 15) is 0 Å². The smallest absolute Gasteiger partial charge is 0.117 e. The van der Waals surface area contributed by atoms with E-state index in [2.05, 4.69) is 5.32 Å². The molecule has 0 unspecified atom stereocenters. The zero-order valence-electron chi connectivity index (χ0n) is 6.33. The van der Waals surface area contributed by atoms with Gasteiger partial charge in [-0.25, -0.2) is 0 Å². The summed E-state index contributed by atoms with van der Waals surface area (Å²) in [6.45, 7) is -0.0174. The number of aliphatic hydroxyl groups excluding tert-OH is 1. The fraction of sp³-hybridized carbons (Fsp3) is 0.250. The van der Waals surface area contributed by atoms with Crippen LogP contribution in [0.4, 0.5) is 5.69 Å². The summed E-state index contributed by atoms with van der Waals surface area (Å²) in [5.41, 5.74) is 1.54. The molecule has 1 rings (SSSR count). The van der Waals surface area contributed by atoms with Crippen LogP contribution in [0.3, 0.4) is 0 Å². The van der Waals surface area contributed by atoms with Gasteiger partial charge in [-0.1, -0.05) is 6.07 Å². The Morgan fingerprint density at radius 3 is 2.73 bits per heavy atom. The lowest BCUT2D eigenvalue weighted by molar-refractivity contribution is 0.282. The summed E-state index contributed by atoms with van der Waals surface area (Å²) in [4.78, 5) is 0. The average molecular weight is 153 g/mol. The Hall–Kier alpha value is -1.22. The molecule has 0 saturated heterocycles. The summed E-state index contributed by atoms with van der Waals surface area (Å²) in [6.07, 6.45) is 0. The number of hydrogen-bond donors (Lipinski definition) is 3. The van der Waals surface area contributed by atoms with E-state index in [4.69, 9.17) is 10.2 Å². The molecule has 0 radical (unpaired) electrons. The molecule has 0 amide bonds. The van der Waals surface area contributed by atoms with Crippen LogP contribution in [0.1, 0.15) is 5.56 Å². The van der Waals surface area contributed by atoms with Crippen molar-refractivity contribution in [1.82, 2.24) is 0 Å². The number of rotatable bonds is 2. The maximum Gasteiger partial charge on any atom is 0.117 e. The molecule has 60 valence electrons. The third kappa shape index (κ3) is 1.62. The monoisotopic (exact) mass is 153 g/mol. The molecule has 0 aliphatic rings. The van der Waals surface area contributed by atoms with E-state index in [1.807, 2.05) is 0 Å². The van der Waals surface area contributed by atoms with Crippen LogP contribution in [0, 0.1) is 0 Å². The van der Waals surface area contributed by atoms with Crippen LogP contribution in [-0.4, -0.2) is 17.3 Å². The van der Waals surface area contributed by atoms with E-state index in [1.54, 1.807) is 25.2 Å². The average Bonchev–Trinajstić information content (AvgIpc) is 2.04. The summed E-state index contributed by atoms with van der Waals surface area (Å²) in [5, 5.41) is 20.7. The molecule has 3 nitrogen and oxygen atoms in total. The minimum atomic E-state index is -0.0174. The van der Waals surface area contributed by atoms with Crippen molar-refractivity contribution < 1.29 is 10.2 Å². The van der Waals surface area contributed by atoms with Gasteiger partial charge in [0.15, 0.2) is 0 Å². The topological polar surface area (TPSA) is 52.5 Å². The van der Waals surface area contributed by atoms with Crippen LogP contribution >= 0.6 is 0 Å². The fourth-order valence-corrected chi connectivity index (χ4v) is 0.935. The van der Waals surface area contributed by atoms with E-state index < -0.39 is 0 Å². The van der Waals surface area contributed by atoms with Gasteiger partial charge in [0.1, 0.15) is 5.75 Å². The summed E-state index contributed by atoms with van der Waals surface area (Å²) in [6, 6.07) is 4.80. The van der Waals surface area contributed by atoms with Crippen LogP contribution < -0.4 is 5.32 Å². The number of nitrogens with one attached hydrogen (secondary N) is 1. The maximum atomic E-state index is 9.04. The first-order chi connectivity index (χ1) is 5.27. The van der Waals surface area contributed by atoms with Crippen molar-refractivity contribution in [2.24, 2.45) is 0 Å². The van der Waals surface area contributed by atoms with E-state index >= 15 is 0 Å². The van der Waals surface area contributed by atoms with Crippen LogP contribution in [0.15, 0.2) is 18.2 Å². The predicted molar refractivity (Wildman–Crippen MR) is 43.6 cm³/mol. The minimum absolute atomic E-state index is 0.0174. The predicted octanol–water partition coefficient (Wildman–Crippen LogP) is 0.926. The standard InChI is InChI=1S/C8H11NO2/c1-9-8-4-7(11)3-2-6(8)5-10/h2-4,9-11H,5H2,1H3. The van der Waals surface area contributed by atoms with Crippen LogP contribution in [0.25, 0.3) is 0 Å². The number of hydrogen-bond acceptors (Lipinski definition) is 3. The first-order valence-corrected chi connectivity index (χ1v) is 3.38. The number of anilines is 1. The van der Waals surface area contributed by atoms with E-state index in [0.717, 1.165) is 11.3 Å². The molecule has 0 heterocycles. The van der Waals surface area contributed by atoms with Gasteiger partial charge in [0, 0.05) is 24.4 Å². The number of phenolic OH excluding ortho intramolecular Hbond substituents is 1. The van der Waals surface area contributed by atoms with Crippen molar-refractivity contribution in [2.75, 3.05) is 12.4 Å². The molecular formula is C8H11NO2. The Morgan fingerprint density at radius 2 is 2.18 bits per heavy atom. The fourth-order valence-electron chi connectivity index (χ4n) is 0.935. The van der Waals surface area contributed by atoms with Gasteiger partial charge in [-0.2, -0.15) is 0 Å². The molecule has 3 heteroatoms. The molecule has 0 bridgehead atoms. The zero-order valence-corrected chi connectivity index (χ0v) is 6.33. The molecule has 0 atom stereocenters. The Morgan fingerprint density at radius 1 is 1.45 bits per heavy atom. The van der Waals surface area contributed by atoms with Gasteiger partial charge in [-0.05, 0) is 6.07 Å². The van der Waals surface area contributed by atoms with E-state index in [1.165, 1.54) is 0 Å². The summed E-state index contributed by atoms with van der Waals surface area (Å²) in [5.74, 6) is 0.201. The molecule has 0 spiro atoms. The van der Waals surface area contributed by atoms with Crippen molar-refractivity contribution in [3.05, 3.63) is 23.8 Å². The lowest BCUT2D eigenvalue weighted by Gasteiger charge is -2.05. The maximum absolute atomic E-state index is 9.04. The van der Waals surface area contributed by atoms with Crippen molar-refractivity contribution >= 4 is 5.69 Å². The number of phenols is 1. The quantitative estimate of drug-likeness (QED) is 0.592. The van der Waals surface area contributed by atoms with Crippen LogP contribution in [-0.2, 0) is 6.61 Å². The lowest BCUT2D eigenvalue weighted by atomic mass is 10.2. The second-order valence-electron chi connectivity index (χ2n) is 2.25. The highest BCUT2D eigenvalue weighted by molar-refractivity contribution is 5.54. The van der Waals surface area contributed by atoms with E-state index in [0.29, 0.717) is 0 Å². The highest BCUT2D eigenvalue weighted by atomic mass is 16.3. The molecule has 3 N–H and O–H groups in total. The number of aromatic hydroxyl groups is 1. The van der Waals surface area contributed by atoms with Gasteiger partial charge in [0.2, 0.25) is 0 Å². The third-order valence-electron chi connectivity index (χ3n) is 1.53. The summed E-state index contributed by atoms with van der Waals surface area (Å²) >= 11 is 0. The molecule has 0 saturated carbocycles. The molecule has 0 aliphatic heterocycles. The Balaban J connectivity index is 3.06. The van der Waals surface area contributed by atoms with Crippen molar-refractivity contribution in [2.45, 2.75) is 6.61 Å². The van der Waals surface area contributed by atoms with Gasteiger partial charge < -0.3 is 15.5 Å². The van der Waals surface area contributed by atoms with Gasteiger partial charge in [0.25, 0.3) is 0 Å². The first kappa shape index (κ1) is 7.88. The van der Waals surface area contributed by atoms with Gasteiger partial charge >= 0.3 is 0 Å². The molecule has 0 aliphatic carbocycles. The first-order valence-electron chi connectivity index (χ1n) is 3.38. The third-order valence-corrected chi connectivity index (χ3v) is 1.53. The summed E-state index contributed by atoms with van der Waals surface area (Å²) < 4.78 is 0. The Kier molecular flexibility index (Phi) is 2.33. The second-order valence-corrected chi connectivity index (χ2v) is 2.25. The molecule has 1 aromatic rings. The second kappa shape index (κ2) is 3.25. The highest BCUT2D eigenvalue weighted by Gasteiger charge is 1.99.